The molecule has 2 rings (SSSR count). The van der Waals surface area contributed by atoms with Gasteiger partial charge in [-0.05, 0) is 12.5 Å². The zero-order valence-corrected chi connectivity index (χ0v) is 10.4. The number of carboxylic acid groups (broad SMARTS) is 1. The molecule has 19 heavy (non-hydrogen) atoms. The Morgan fingerprint density at radius 2 is 2.42 bits per heavy atom. The smallest absolute Gasteiger partial charge is 0.339 e. The minimum absolute atomic E-state index is 0.135. The third kappa shape index (κ3) is 2.49. The summed E-state index contributed by atoms with van der Waals surface area (Å²) in [6, 6.07) is 0.439. The van der Waals surface area contributed by atoms with E-state index in [0.29, 0.717) is 19.5 Å². The maximum Gasteiger partial charge on any atom is 0.339 e. The van der Waals surface area contributed by atoms with Crippen LogP contribution in [0.1, 0.15) is 23.7 Å². The number of hydrogen-bond donors (Lipinski definition) is 2. The molecule has 1 aliphatic heterocycles. The van der Waals surface area contributed by atoms with Gasteiger partial charge in [-0.25, -0.2) is 14.2 Å². The molecule has 102 valence electrons. The van der Waals surface area contributed by atoms with Crippen molar-refractivity contribution in [1.82, 2.24) is 10.3 Å². The summed E-state index contributed by atoms with van der Waals surface area (Å²) >= 11 is 0. The van der Waals surface area contributed by atoms with E-state index in [9.17, 15) is 14.0 Å². The molecular formula is C12H14FN3O3. The van der Waals surface area contributed by atoms with Gasteiger partial charge in [-0.3, -0.25) is 4.79 Å². The molecule has 6 nitrogen and oxygen atoms in total. The van der Waals surface area contributed by atoms with E-state index in [0.717, 1.165) is 12.3 Å². The van der Waals surface area contributed by atoms with Crippen LogP contribution in [0.2, 0.25) is 0 Å². The van der Waals surface area contributed by atoms with Crippen LogP contribution in [0.15, 0.2) is 12.3 Å². The Morgan fingerprint density at radius 3 is 3.05 bits per heavy atom. The number of carbonyl (C=O) groups excluding carboxylic acids is 1. The summed E-state index contributed by atoms with van der Waals surface area (Å²) in [6.07, 6.45) is 1.48. The van der Waals surface area contributed by atoms with Gasteiger partial charge in [0.05, 0.1) is 6.20 Å². The molecule has 0 aliphatic carbocycles. The van der Waals surface area contributed by atoms with Crippen molar-refractivity contribution in [3.8, 4) is 0 Å². The van der Waals surface area contributed by atoms with Crippen LogP contribution in [-0.2, 0) is 4.79 Å². The number of aromatic carboxylic acids is 1. The number of amides is 1. The van der Waals surface area contributed by atoms with Crippen LogP contribution in [0.5, 0.6) is 0 Å². The fourth-order valence-electron chi connectivity index (χ4n) is 2.19. The van der Waals surface area contributed by atoms with Crippen LogP contribution in [0.3, 0.4) is 0 Å². The summed E-state index contributed by atoms with van der Waals surface area (Å²) in [4.78, 5) is 28.4. The molecule has 0 bridgehead atoms. The average Bonchev–Trinajstić information content (AvgIpc) is 2.38. The van der Waals surface area contributed by atoms with E-state index >= 15 is 0 Å². The molecule has 2 heterocycles. The summed E-state index contributed by atoms with van der Waals surface area (Å²) in [6.45, 7) is 2.68. The topological polar surface area (TPSA) is 82.5 Å². The second kappa shape index (κ2) is 5.21. The molecule has 1 aromatic rings. The molecule has 0 saturated carbocycles. The van der Waals surface area contributed by atoms with Crippen molar-refractivity contribution in [3.63, 3.8) is 0 Å². The Morgan fingerprint density at radius 1 is 1.68 bits per heavy atom. The summed E-state index contributed by atoms with van der Waals surface area (Å²) < 4.78 is 13.1. The first-order valence-electron chi connectivity index (χ1n) is 5.97. The molecule has 1 aliphatic rings. The van der Waals surface area contributed by atoms with E-state index in [2.05, 4.69) is 10.3 Å². The first kappa shape index (κ1) is 13.3. The first-order chi connectivity index (χ1) is 9.04. The van der Waals surface area contributed by atoms with E-state index < -0.39 is 17.8 Å². The molecule has 2 N–H and O–H groups in total. The highest BCUT2D eigenvalue weighted by atomic mass is 19.1. The number of halogens is 1. The molecule has 0 spiro atoms. The molecule has 1 unspecified atom stereocenters. The first-order valence-corrected chi connectivity index (χ1v) is 5.97. The average molecular weight is 267 g/mol. The van der Waals surface area contributed by atoms with Gasteiger partial charge in [-0.15, -0.1) is 0 Å². The van der Waals surface area contributed by atoms with E-state index in [1.807, 2.05) is 6.92 Å². The fourth-order valence-corrected chi connectivity index (χ4v) is 2.19. The van der Waals surface area contributed by atoms with Gasteiger partial charge < -0.3 is 15.3 Å². The van der Waals surface area contributed by atoms with Crippen molar-refractivity contribution in [1.29, 1.82) is 0 Å². The second-order valence-corrected chi connectivity index (χ2v) is 4.24. The number of nitrogens with zero attached hydrogens (tertiary/aromatic N) is 2. The number of rotatable bonds is 3. The normalized spacial score (nSPS) is 19.2. The Bertz CT molecular complexity index is 521. The predicted molar refractivity (Wildman–Crippen MR) is 65.6 cm³/mol. The molecule has 1 amide bonds. The van der Waals surface area contributed by atoms with E-state index in [1.165, 1.54) is 0 Å². The zero-order valence-electron chi connectivity index (χ0n) is 10.4. The highest BCUT2D eigenvalue weighted by Gasteiger charge is 2.31. The highest BCUT2D eigenvalue weighted by molar-refractivity contribution is 5.95. The monoisotopic (exact) mass is 267 g/mol. The molecule has 0 aromatic carbocycles. The van der Waals surface area contributed by atoms with Crippen LogP contribution in [0.4, 0.5) is 10.2 Å². The molecule has 1 atom stereocenters. The van der Waals surface area contributed by atoms with Gasteiger partial charge in [0.25, 0.3) is 0 Å². The van der Waals surface area contributed by atoms with Crippen LogP contribution < -0.4 is 10.2 Å². The maximum absolute atomic E-state index is 13.1. The molecule has 1 aromatic heterocycles. The SMILES string of the molecule is CCC1C(=O)NCCN1c1ncc(F)cc1C(=O)O. The molecule has 7 heteroatoms. The third-order valence-electron chi connectivity index (χ3n) is 3.05. The molecule has 1 fully saturated rings. The van der Waals surface area contributed by atoms with Crippen LogP contribution in [-0.4, -0.2) is 41.1 Å². The van der Waals surface area contributed by atoms with E-state index in [-0.39, 0.29) is 17.3 Å². The quantitative estimate of drug-likeness (QED) is 0.839. The minimum Gasteiger partial charge on any atom is -0.478 e. The number of carboxylic acids is 1. The number of anilines is 1. The van der Waals surface area contributed by atoms with Crippen LogP contribution in [0.25, 0.3) is 0 Å². The lowest BCUT2D eigenvalue weighted by Gasteiger charge is -2.35. The molecule has 0 radical (unpaired) electrons. The number of pyridine rings is 1. The van der Waals surface area contributed by atoms with Crippen molar-refractivity contribution in [2.24, 2.45) is 0 Å². The summed E-state index contributed by atoms with van der Waals surface area (Å²) in [5, 5.41) is 11.8. The highest BCUT2D eigenvalue weighted by Crippen LogP contribution is 2.23. The van der Waals surface area contributed by atoms with Gasteiger partial charge in [-0.2, -0.15) is 0 Å². The van der Waals surface area contributed by atoms with Gasteiger partial charge in [0.2, 0.25) is 5.91 Å². The number of aromatic nitrogens is 1. The lowest BCUT2D eigenvalue weighted by Crippen LogP contribution is -2.55. The van der Waals surface area contributed by atoms with Gasteiger partial charge in [-0.1, -0.05) is 6.92 Å². The Labute approximate surface area is 109 Å². The van der Waals surface area contributed by atoms with Gasteiger partial charge in [0.1, 0.15) is 23.2 Å². The second-order valence-electron chi connectivity index (χ2n) is 4.24. The summed E-state index contributed by atoms with van der Waals surface area (Å²) in [5.41, 5.74) is -0.229. The fraction of sp³-hybridized carbons (Fsp3) is 0.417. The number of piperazine rings is 1. The largest absolute Gasteiger partial charge is 0.478 e. The number of nitrogens with one attached hydrogen (secondary N) is 1. The predicted octanol–water partition coefficient (Wildman–Crippen LogP) is 0.634. The Balaban J connectivity index is 2.45. The number of hydrogen-bond acceptors (Lipinski definition) is 4. The van der Waals surface area contributed by atoms with Crippen molar-refractivity contribution < 1.29 is 19.1 Å². The van der Waals surface area contributed by atoms with Gasteiger partial charge in [0.15, 0.2) is 0 Å². The van der Waals surface area contributed by atoms with Crippen LogP contribution in [0, 0.1) is 5.82 Å². The van der Waals surface area contributed by atoms with Crippen molar-refractivity contribution in [3.05, 3.63) is 23.6 Å². The third-order valence-corrected chi connectivity index (χ3v) is 3.05. The van der Waals surface area contributed by atoms with Crippen molar-refractivity contribution >= 4 is 17.7 Å². The van der Waals surface area contributed by atoms with E-state index in [4.69, 9.17) is 5.11 Å². The molecule has 1 saturated heterocycles. The lowest BCUT2D eigenvalue weighted by atomic mass is 10.1. The number of carbonyl (C=O) groups is 2. The standard InChI is InChI=1S/C12H14FN3O3/c1-2-9-11(17)14-3-4-16(9)10-8(12(18)19)5-7(13)6-15-10/h5-6,9H,2-4H2,1H3,(H,14,17)(H,18,19). The maximum atomic E-state index is 13.1. The van der Waals surface area contributed by atoms with Crippen LogP contribution >= 0.6 is 0 Å². The summed E-state index contributed by atoms with van der Waals surface area (Å²) in [7, 11) is 0. The Kier molecular flexibility index (Phi) is 3.64. The van der Waals surface area contributed by atoms with Crippen molar-refractivity contribution in [2.45, 2.75) is 19.4 Å². The zero-order chi connectivity index (χ0) is 14.0. The van der Waals surface area contributed by atoms with E-state index in [1.54, 1.807) is 4.90 Å². The Hall–Kier alpha value is -2.18. The summed E-state index contributed by atoms with van der Waals surface area (Å²) in [5.74, 6) is -2.01. The van der Waals surface area contributed by atoms with Crippen molar-refractivity contribution in [2.75, 3.05) is 18.0 Å². The van der Waals surface area contributed by atoms with Gasteiger partial charge in [0, 0.05) is 13.1 Å². The molecular weight excluding hydrogens is 253 g/mol. The lowest BCUT2D eigenvalue weighted by molar-refractivity contribution is -0.123. The minimum atomic E-state index is -1.26. The van der Waals surface area contributed by atoms with Gasteiger partial charge >= 0.3 is 5.97 Å².